The summed E-state index contributed by atoms with van der Waals surface area (Å²) in [6, 6.07) is 0. The van der Waals surface area contributed by atoms with Crippen molar-refractivity contribution in [3.05, 3.63) is 0 Å². The van der Waals surface area contributed by atoms with E-state index in [1.807, 2.05) is 0 Å². The molecule has 0 spiro atoms. The lowest BCUT2D eigenvalue weighted by Crippen LogP contribution is -2.61. The van der Waals surface area contributed by atoms with Crippen molar-refractivity contribution in [3.63, 3.8) is 0 Å². The highest BCUT2D eigenvalue weighted by Gasteiger charge is 2.80. The quantitative estimate of drug-likeness (QED) is 0.543. The van der Waals surface area contributed by atoms with Crippen molar-refractivity contribution in [2.45, 2.75) is 20.9 Å². The maximum Gasteiger partial charge on any atom is 0.0966 e. The van der Waals surface area contributed by atoms with Gasteiger partial charge in [0.1, 0.15) is 0 Å². The first-order valence-corrected chi connectivity index (χ1v) is 8.64. The van der Waals surface area contributed by atoms with Gasteiger partial charge in [-0.2, -0.15) is 0 Å². The van der Waals surface area contributed by atoms with Gasteiger partial charge in [0.05, 0.1) is 3.23 Å². The Morgan fingerprint density at radius 3 is 2.27 bits per heavy atom. The molecule has 6 rings (SSSR count). The van der Waals surface area contributed by atoms with Gasteiger partial charge in [-0.1, -0.05) is 47.8 Å². The minimum Gasteiger partial charge on any atom is -0.0863 e. The van der Waals surface area contributed by atoms with Crippen LogP contribution in [0.3, 0.4) is 0 Å². The predicted molar refractivity (Wildman–Crippen MR) is 70.5 cm³/mol. The summed E-state index contributed by atoms with van der Waals surface area (Å²) in [5, 5.41) is 0. The highest BCUT2D eigenvalue weighted by Crippen LogP contribution is 2.84. The van der Waals surface area contributed by atoms with Gasteiger partial charge >= 0.3 is 0 Å². The molecule has 6 saturated carbocycles. The monoisotopic (exact) mass is 394 g/mol. The fourth-order valence-corrected chi connectivity index (χ4v) is 9.63. The van der Waals surface area contributed by atoms with Crippen molar-refractivity contribution >= 4 is 47.8 Å². The molecule has 0 radical (unpaired) electrons. The van der Waals surface area contributed by atoms with Crippen LogP contribution in [-0.4, -0.2) is 8.06 Å². The van der Waals surface area contributed by atoms with Gasteiger partial charge in [0.15, 0.2) is 0 Å². The summed E-state index contributed by atoms with van der Waals surface area (Å²) in [4.78, 5) is 0.668. The molecule has 0 amide bonds. The molecule has 0 aliphatic heterocycles. The summed E-state index contributed by atoms with van der Waals surface area (Å²) in [6.45, 7) is 0. The highest BCUT2D eigenvalue weighted by atomic mass is 79.9. The second kappa shape index (κ2) is 2.42. The fraction of sp³-hybridized carbons (Fsp3) is 1.00. The van der Waals surface area contributed by atoms with Crippen LogP contribution >= 0.6 is 47.8 Å². The van der Waals surface area contributed by atoms with Gasteiger partial charge in [-0.15, -0.1) is 0 Å². The van der Waals surface area contributed by atoms with E-state index in [1.165, 1.54) is 0 Å². The molecule has 6 aliphatic rings. The summed E-state index contributed by atoms with van der Waals surface area (Å²) >= 11 is 12.0. The SMILES string of the molecule is BrC1C2C3CC4C5CC(C42)C(C53)C1(Br)Br. The molecular formula is C12H13Br3. The minimum atomic E-state index is 0.219. The van der Waals surface area contributed by atoms with Crippen LogP contribution in [0.2, 0.25) is 0 Å². The Morgan fingerprint density at radius 1 is 0.800 bits per heavy atom. The Bertz CT molecular complexity index is 364. The number of hydrogen-bond donors (Lipinski definition) is 0. The van der Waals surface area contributed by atoms with E-state index in [4.69, 9.17) is 0 Å². The third-order valence-electron chi connectivity index (χ3n) is 6.58. The largest absolute Gasteiger partial charge is 0.0966 e. The van der Waals surface area contributed by atoms with Crippen LogP contribution in [0.15, 0.2) is 0 Å². The van der Waals surface area contributed by atoms with Crippen molar-refractivity contribution in [1.82, 2.24) is 0 Å². The first kappa shape index (κ1) is 9.38. The van der Waals surface area contributed by atoms with Gasteiger partial charge < -0.3 is 0 Å². The zero-order valence-corrected chi connectivity index (χ0v) is 13.0. The molecule has 9 atom stereocenters. The van der Waals surface area contributed by atoms with Gasteiger partial charge in [0, 0.05) is 4.83 Å². The van der Waals surface area contributed by atoms with E-state index in [0.29, 0.717) is 4.83 Å². The van der Waals surface area contributed by atoms with E-state index in [2.05, 4.69) is 47.8 Å². The zero-order chi connectivity index (χ0) is 10.1. The molecule has 0 aromatic rings. The lowest BCUT2D eigenvalue weighted by atomic mass is 9.52. The van der Waals surface area contributed by atoms with Crippen molar-refractivity contribution in [2.75, 3.05) is 0 Å². The van der Waals surface area contributed by atoms with Crippen LogP contribution < -0.4 is 0 Å². The maximum atomic E-state index is 4.00. The third-order valence-corrected chi connectivity index (χ3v) is 11.2. The Hall–Kier alpha value is 1.44. The van der Waals surface area contributed by atoms with E-state index in [0.717, 1.165) is 47.3 Å². The molecule has 0 heterocycles. The first-order valence-electron chi connectivity index (χ1n) is 6.14. The van der Waals surface area contributed by atoms with Crippen LogP contribution in [0.4, 0.5) is 0 Å². The van der Waals surface area contributed by atoms with Crippen molar-refractivity contribution in [2.24, 2.45) is 47.3 Å². The number of halogens is 3. The Morgan fingerprint density at radius 2 is 1.47 bits per heavy atom. The Kier molecular flexibility index (Phi) is 1.52. The molecule has 82 valence electrons. The van der Waals surface area contributed by atoms with Crippen molar-refractivity contribution in [3.8, 4) is 0 Å². The van der Waals surface area contributed by atoms with Crippen LogP contribution in [0, 0.1) is 47.3 Å². The lowest BCUT2D eigenvalue weighted by Gasteiger charge is -2.60. The van der Waals surface area contributed by atoms with E-state index >= 15 is 0 Å². The smallest absolute Gasteiger partial charge is 0.0863 e. The summed E-state index contributed by atoms with van der Waals surface area (Å²) in [6.07, 6.45) is 3.15. The maximum absolute atomic E-state index is 4.00. The molecule has 0 aromatic heterocycles. The molecule has 6 bridgehead atoms. The van der Waals surface area contributed by atoms with E-state index in [1.54, 1.807) is 12.8 Å². The summed E-state index contributed by atoms with van der Waals surface area (Å²) < 4.78 is 0.219. The standard InChI is InChI=1S/C12H13Br3/c13-11-9-5-1-3-4-2-6(7(3)9)10(8(4)5)12(11,14)15/h3-11H,1-2H2. The van der Waals surface area contributed by atoms with Crippen LogP contribution in [0.5, 0.6) is 0 Å². The second-order valence-electron chi connectivity index (χ2n) is 6.46. The molecule has 6 fully saturated rings. The molecule has 0 nitrogen and oxygen atoms in total. The lowest BCUT2D eigenvalue weighted by molar-refractivity contribution is -0.0344. The van der Waals surface area contributed by atoms with Crippen molar-refractivity contribution < 1.29 is 0 Å². The first-order chi connectivity index (χ1) is 7.12. The highest BCUT2D eigenvalue weighted by molar-refractivity contribution is 9.26. The van der Waals surface area contributed by atoms with Crippen LogP contribution in [-0.2, 0) is 0 Å². The van der Waals surface area contributed by atoms with Gasteiger partial charge in [-0.3, -0.25) is 0 Å². The summed E-state index contributed by atoms with van der Waals surface area (Å²) in [7, 11) is 0. The topological polar surface area (TPSA) is 0 Å². The molecule has 0 N–H and O–H groups in total. The van der Waals surface area contributed by atoms with Crippen molar-refractivity contribution in [1.29, 1.82) is 0 Å². The predicted octanol–water partition coefficient (Wildman–Crippen LogP) is 4.01. The van der Waals surface area contributed by atoms with Gasteiger partial charge in [-0.25, -0.2) is 0 Å². The number of fused-ring (bicyclic) bond motifs is 1. The Balaban J connectivity index is 1.78. The summed E-state index contributed by atoms with van der Waals surface area (Å²) in [5.41, 5.74) is 0. The van der Waals surface area contributed by atoms with E-state index in [-0.39, 0.29) is 3.23 Å². The normalized spacial score (nSPS) is 75.0. The third kappa shape index (κ3) is 0.739. The van der Waals surface area contributed by atoms with Crippen LogP contribution in [0.1, 0.15) is 12.8 Å². The molecule has 0 saturated heterocycles. The second-order valence-corrected chi connectivity index (χ2v) is 11.1. The zero-order valence-electron chi connectivity index (χ0n) is 8.24. The molecule has 15 heavy (non-hydrogen) atoms. The molecule has 9 unspecified atom stereocenters. The van der Waals surface area contributed by atoms with Gasteiger partial charge in [0.2, 0.25) is 0 Å². The van der Waals surface area contributed by atoms with E-state index < -0.39 is 0 Å². The Labute approximate surface area is 115 Å². The van der Waals surface area contributed by atoms with E-state index in [9.17, 15) is 0 Å². The van der Waals surface area contributed by atoms with Gasteiger partial charge in [0.25, 0.3) is 0 Å². The number of rotatable bonds is 0. The fourth-order valence-electron chi connectivity index (χ4n) is 6.68. The number of alkyl halides is 3. The molecule has 3 heteroatoms. The van der Waals surface area contributed by atoms with Gasteiger partial charge in [-0.05, 0) is 60.2 Å². The average molecular weight is 397 g/mol. The average Bonchev–Trinajstić information content (AvgIpc) is 2.81. The molecule has 6 aliphatic carbocycles. The molecular weight excluding hydrogens is 384 g/mol. The minimum absolute atomic E-state index is 0.219. The number of hydrogen-bond acceptors (Lipinski definition) is 0. The molecule has 0 aromatic carbocycles. The summed E-state index contributed by atoms with van der Waals surface area (Å²) in [5.74, 6) is 8.48. The van der Waals surface area contributed by atoms with Crippen LogP contribution in [0.25, 0.3) is 0 Å².